The zero-order chi connectivity index (χ0) is 40.8. The molecule has 0 spiro atoms. The molecule has 2 N–H and O–H groups in total. The van der Waals surface area contributed by atoms with Gasteiger partial charge in [0.05, 0.1) is 34.8 Å². The Hall–Kier alpha value is -6.46. The third-order valence-corrected chi connectivity index (χ3v) is 9.08. The molecule has 7 aromatic rings. The number of hydrogen-bond donors (Lipinski definition) is 2. The van der Waals surface area contributed by atoms with Gasteiger partial charge in [0, 0.05) is 69.8 Å². The zero-order valence-corrected chi connectivity index (χ0v) is 35.5. The van der Waals surface area contributed by atoms with Crippen LogP contribution in [0, 0.1) is 0 Å². The minimum absolute atomic E-state index is 0. The molecule has 5 heterocycles. The van der Waals surface area contributed by atoms with Gasteiger partial charge >= 0.3 is 26.2 Å². The number of aromatic nitrogens is 8. The van der Waals surface area contributed by atoms with Crippen LogP contribution >= 0.6 is 0 Å². The van der Waals surface area contributed by atoms with Crippen LogP contribution in [0.5, 0.6) is 0 Å². The van der Waals surface area contributed by atoms with Gasteiger partial charge in [0.2, 0.25) is 0 Å². The monoisotopic (exact) mass is 858 g/mol. The van der Waals surface area contributed by atoms with E-state index in [1.807, 2.05) is 111 Å². The molecule has 9 rings (SSSR count). The molecule has 3 aromatic heterocycles. The molecular formula is C46H40N8O4Zr. The van der Waals surface area contributed by atoms with Gasteiger partial charge in [-0.25, -0.2) is 9.97 Å². The maximum atomic E-state index is 10.3. The molecule has 0 amide bonds. The number of hydrogen-bond acceptors (Lipinski definition) is 10. The maximum absolute atomic E-state index is 10.3. The van der Waals surface area contributed by atoms with Gasteiger partial charge in [-0.05, 0) is 48.2 Å². The Balaban J connectivity index is 0.000000260. The molecule has 0 atom stereocenters. The smallest absolute Gasteiger partial charge is 0.512 e. The minimum atomic E-state index is -0.0963. The van der Waals surface area contributed by atoms with Crippen molar-refractivity contribution >= 4 is 55.7 Å². The predicted octanol–water partition coefficient (Wildman–Crippen LogP) is 9.76. The first-order valence-corrected chi connectivity index (χ1v) is 19.0. The van der Waals surface area contributed by atoms with Crippen LogP contribution in [0.4, 0.5) is 0 Å². The summed E-state index contributed by atoms with van der Waals surface area (Å²) in [6.07, 6.45) is 5.44. The molecule has 0 fully saturated rings. The first-order chi connectivity index (χ1) is 28.1. The van der Waals surface area contributed by atoms with Gasteiger partial charge in [0.1, 0.15) is 0 Å². The Bertz CT molecular complexity index is 2580. The third kappa shape index (κ3) is 9.48. The molecule has 0 aliphatic carbocycles. The van der Waals surface area contributed by atoms with Gasteiger partial charge in [-0.1, -0.05) is 111 Å². The summed E-state index contributed by atoms with van der Waals surface area (Å²) in [5.41, 5.74) is 5.78. The van der Waals surface area contributed by atoms with E-state index in [2.05, 4.69) is 0 Å². The number of benzene rings is 4. The number of nitrogens with zero attached hydrogens (tertiary/aromatic N) is 8. The zero-order valence-electron chi connectivity index (χ0n) is 33.0. The summed E-state index contributed by atoms with van der Waals surface area (Å²) in [5, 5.41) is 21.3. The fraction of sp³-hybridized carbons (Fsp3) is 0.174. The van der Waals surface area contributed by atoms with Gasteiger partial charge in [-0.15, -0.1) is 0 Å². The number of carbonyl (C=O) groups excluding carboxylic acids is 2. The largest absolute Gasteiger partial charge is 2.00 e. The Labute approximate surface area is 359 Å². The van der Waals surface area contributed by atoms with E-state index in [1.54, 1.807) is 0 Å². The second-order valence-electron chi connectivity index (χ2n) is 13.7. The fourth-order valence-corrected chi connectivity index (χ4v) is 6.58. The Kier molecular flexibility index (Phi) is 13.5. The van der Waals surface area contributed by atoms with E-state index in [-0.39, 0.29) is 49.3 Å². The molecule has 59 heavy (non-hydrogen) atoms. The summed E-state index contributed by atoms with van der Waals surface area (Å²) in [6.45, 7) is 6.74. The number of carbonyl (C=O) groups is 2. The van der Waals surface area contributed by atoms with E-state index in [4.69, 9.17) is 50.1 Å². The molecule has 0 saturated carbocycles. The average Bonchev–Trinajstić information content (AvgIpc) is 3.94. The Morgan fingerprint density at radius 2 is 0.729 bits per heavy atom. The van der Waals surface area contributed by atoms with E-state index in [9.17, 15) is 9.59 Å². The second kappa shape index (κ2) is 18.9. The number of ketones is 2. The van der Waals surface area contributed by atoms with Crippen LogP contribution < -0.4 is 9.97 Å². The van der Waals surface area contributed by atoms with Crippen molar-refractivity contribution in [2.45, 2.75) is 53.4 Å². The predicted molar refractivity (Wildman–Crippen MR) is 227 cm³/mol. The van der Waals surface area contributed by atoms with Crippen molar-refractivity contribution in [1.82, 2.24) is 39.9 Å². The van der Waals surface area contributed by atoms with Crippen molar-refractivity contribution in [3.05, 3.63) is 121 Å². The summed E-state index contributed by atoms with van der Waals surface area (Å²) in [4.78, 5) is 59.9. The van der Waals surface area contributed by atoms with Gasteiger partial charge < -0.3 is 40.1 Å². The van der Waals surface area contributed by atoms with Crippen LogP contribution in [0.1, 0.15) is 53.4 Å². The summed E-state index contributed by atoms with van der Waals surface area (Å²) < 4.78 is 0. The molecular weight excluding hydrogens is 820 g/mol. The van der Waals surface area contributed by atoms with Gasteiger partial charge in [0.15, 0.2) is 11.6 Å². The standard InChI is InChI=1S/C32H16N8.2C7H12O2.Zr/c1-2-10-18-17(9-1)25-33-26(18)38-28-21-13-5-6-14-22(21)30(35-28)40-32-24-16-8-7-15-23(24)31(36-32)39-29-20-12-4-3-11-19(20)27(34-29)37-25;2*1-3-4-7(9)5-6(2)8;/h1-16H;2*5,9H,3-4H2,1-2H3;/q-2;;;+2. The Morgan fingerprint density at radius 1 is 0.475 bits per heavy atom. The van der Waals surface area contributed by atoms with E-state index in [0.29, 0.717) is 58.7 Å². The topological polar surface area (TPSA) is 180 Å². The van der Waals surface area contributed by atoms with Crippen molar-refractivity contribution in [3.8, 4) is 45.6 Å². The van der Waals surface area contributed by atoms with Crippen LogP contribution in [0.15, 0.2) is 121 Å². The number of rotatable bonds is 6. The molecule has 12 nitrogen and oxygen atoms in total. The van der Waals surface area contributed by atoms with Crippen molar-refractivity contribution in [3.63, 3.8) is 0 Å². The van der Waals surface area contributed by atoms with E-state index < -0.39 is 0 Å². The second-order valence-corrected chi connectivity index (χ2v) is 13.7. The summed E-state index contributed by atoms with van der Waals surface area (Å²) in [7, 11) is 0. The Morgan fingerprint density at radius 3 is 0.966 bits per heavy atom. The summed E-state index contributed by atoms with van der Waals surface area (Å²) in [6, 6.07) is 31.8. The molecule has 292 valence electrons. The van der Waals surface area contributed by atoms with Crippen molar-refractivity contribution in [1.29, 1.82) is 0 Å². The van der Waals surface area contributed by atoms with E-state index in [0.717, 1.165) is 56.6 Å². The first-order valence-electron chi connectivity index (χ1n) is 19.0. The fourth-order valence-electron chi connectivity index (χ4n) is 6.58. The maximum Gasteiger partial charge on any atom is 2.00 e. The van der Waals surface area contributed by atoms with Crippen molar-refractivity contribution in [2.24, 2.45) is 0 Å². The molecule has 8 bridgehead atoms. The molecule has 0 saturated heterocycles. The number of allylic oxidation sites excluding steroid dienone is 4. The van der Waals surface area contributed by atoms with E-state index in [1.165, 1.54) is 26.0 Å². The minimum Gasteiger partial charge on any atom is -0.512 e. The quantitative estimate of drug-likeness (QED) is 0.120. The van der Waals surface area contributed by atoms with Crippen molar-refractivity contribution in [2.75, 3.05) is 0 Å². The van der Waals surface area contributed by atoms with Crippen molar-refractivity contribution < 1.29 is 46.0 Å². The van der Waals surface area contributed by atoms with E-state index >= 15 is 0 Å². The van der Waals surface area contributed by atoms with Gasteiger partial charge in [-0.2, -0.15) is 0 Å². The van der Waals surface area contributed by atoms with Crippen LogP contribution in [-0.4, -0.2) is 51.7 Å². The summed E-state index contributed by atoms with van der Waals surface area (Å²) >= 11 is 0. The average molecular weight is 860 g/mol. The van der Waals surface area contributed by atoms with Crippen LogP contribution in [-0.2, 0) is 35.8 Å². The van der Waals surface area contributed by atoms with Crippen LogP contribution in [0.2, 0.25) is 0 Å². The molecule has 0 radical (unpaired) electrons. The first kappa shape index (κ1) is 42.2. The molecule has 13 heteroatoms. The number of aliphatic hydroxyl groups is 2. The van der Waals surface area contributed by atoms with Gasteiger partial charge in [-0.3, -0.25) is 9.59 Å². The molecule has 0 unspecified atom stereocenters. The number of fused-ring (bicyclic) bond motifs is 20. The number of aliphatic hydroxyl groups excluding tert-OH is 2. The normalized spacial score (nSPS) is 11.7. The molecule has 2 aliphatic rings. The van der Waals surface area contributed by atoms with Gasteiger partial charge in [0.25, 0.3) is 0 Å². The third-order valence-electron chi connectivity index (χ3n) is 9.08. The van der Waals surface area contributed by atoms with Crippen LogP contribution in [0.3, 0.4) is 0 Å². The molecule has 2 aliphatic heterocycles. The SMILES string of the molecule is CCCC(O)=CC(C)=O.CCCC(O)=CC(C)=O.[Zr+2].c1ccc2c(c1)-c1nc-2nc2[n-]c(nc3nc(nc4[n-]c(n1)c1ccccc41)-c1ccccc1-3)c1ccccc21. The molecule has 4 aromatic carbocycles. The van der Waals surface area contributed by atoms with Crippen LogP contribution in [0.25, 0.3) is 89.7 Å². The summed E-state index contributed by atoms with van der Waals surface area (Å²) in [5.74, 6) is 2.39.